The third-order valence-electron chi connectivity index (χ3n) is 6.29. The largest absolute Gasteiger partial charge is 0.508 e. The summed E-state index contributed by atoms with van der Waals surface area (Å²) in [5.74, 6) is 0.863. The lowest BCUT2D eigenvalue weighted by atomic mass is 10.0. The first kappa shape index (κ1) is 24.7. The number of aromatic nitrogens is 1. The highest BCUT2D eigenvalue weighted by molar-refractivity contribution is 6.20. The van der Waals surface area contributed by atoms with Crippen molar-refractivity contribution >= 4 is 44.9 Å². The minimum absolute atomic E-state index is 0.0891. The predicted octanol–water partition coefficient (Wildman–Crippen LogP) is 7.44. The van der Waals surface area contributed by atoms with Crippen LogP contribution in [0.3, 0.4) is 0 Å². The summed E-state index contributed by atoms with van der Waals surface area (Å²) in [4.78, 5) is 18.5. The van der Waals surface area contributed by atoms with Crippen molar-refractivity contribution in [3.8, 4) is 11.5 Å². The van der Waals surface area contributed by atoms with Gasteiger partial charge in [0.05, 0.1) is 5.69 Å². The molecule has 0 unspecified atom stereocenters. The maximum absolute atomic E-state index is 13.5. The van der Waals surface area contributed by atoms with Crippen molar-refractivity contribution in [2.24, 2.45) is 0 Å². The van der Waals surface area contributed by atoms with Gasteiger partial charge in [-0.15, -0.1) is 11.6 Å². The van der Waals surface area contributed by atoms with E-state index in [1.54, 1.807) is 24.3 Å². The highest BCUT2D eigenvalue weighted by Crippen LogP contribution is 2.41. The van der Waals surface area contributed by atoms with Gasteiger partial charge in [-0.05, 0) is 61.0 Å². The van der Waals surface area contributed by atoms with E-state index in [0.717, 1.165) is 45.1 Å². The normalized spacial score (nSPS) is 12.5. The van der Waals surface area contributed by atoms with Gasteiger partial charge in [-0.25, -0.2) is 0 Å². The molecule has 6 heteroatoms. The van der Waals surface area contributed by atoms with E-state index in [0.29, 0.717) is 24.2 Å². The van der Waals surface area contributed by atoms with Gasteiger partial charge in [0, 0.05) is 34.3 Å². The number of amides is 1. The molecule has 0 aliphatic carbocycles. The van der Waals surface area contributed by atoms with Crippen molar-refractivity contribution in [2.75, 3.05) is 11.4 Å². The van der Waals surface area contributed by atoms with Gasteiger partial charge < -0.3 is 19.7 Å². The van der Waals surface area contributed by atoms with Crippen molar-refractivity contribution in [1.29, 1.82) is 0 Å². The Morgan fingerprint density at radius 2 is 1.70 bits per heavy atom. The molecule has 1 aromatic heterocycles. The van der Waals surface area contributed by atoms with Gasteiger partial charge in [-0.2, -0.15) is 0 Å². The van der Waals surface area contributed by atoms with Crippen LogP contribution in [0.5, 0.6) is 11.5 Å². The number of nitrogens with zero attached hydrogens (tertiary/aromatic N) is 1. The molecule has 0 saturated carbocycles. The second kappa shape index (κ2) is 10.6. The molecule has 4 aromatic carbocycles. The van der Waals surface area contributed by atoms with E-state index in [-0.39, 0.29) is 11.7 Å². The SMILES string of the molecule is CC(C)Cl.O=C(c1cc2cc(O)ccc2[nH]1)N1CCc2c1cc(OCc1ccccc1)c1ccccc21. The number of ether oxygens (including phenoxy) is 1. The van der Waals surface area contributed by atoms with Crippen molar-refractivity contribution in [3.05, 3.63) is 102 Å². The maximum atomic E-state index is 13.5. The van der Waals surface area contributed by atoms with E-state index in [2.05, 4.69) is 17.1 Å². The summed E-state index contributed by atoms with van der Waals surface area (Å²) in [6, 6.07) is 27.1. The molecular formula is C31H29ClN2O3. The number of halogens is 1. The molecule has 0 bridgehead atoms. The van der Waals surface area contributed by atoms with Gasteiger partial charge in [0.15, 0.2) is 0 Å². The molecule has 5 aromatic rings. The number of H-pyrrole nitrogens is 1. The Labute approximate surface area is 221 Å². The average Bonchev–Trinajstić information content (AvgIpc) is 3.51. The molecule has 1 aliphatic rings. The van der Waals surface area contributed by atoms with Gasteiger partial charge in [0.25, 0.3) is 5.91 Å². The van der Waals surface area contributed by atoms with E-state index >= 15 is 0 Å². The number of anilines is 1. The quantitative estimate of drug-likeness (QED) is 0.246. The second-order valence-electron chi connectivity index (χ2n) is 9.37. The first-order valence-electron chi connectivity index (χ1n) is 12.4. The van der Waals surface area contributed by atoms with Crippen molar-refractivity contribution in [1.82, 2.24) is 4.98 Å². The number of carbonyl (C=O) groups is 1. The van der Waals surface area contributed by atoms with Gasteiger partial charge in [-0.3, -0.25) is 4.79 Å². The molecule has 1 aliphatic heterocycles. The fourth-order valence-electron chi connectivity index (χ4n) is 4.68. The minimum atomic E-state index is -0.0891. The molecule has 2 N–H and O–H groups in total. The number of phenols is 1. The molecular weight excluding hydrogens is 484 g/mol. The predicted molar refractivity (Wildman–Crippen MR) is 151 cm³/mol. The smallest absolute Gasteiger partial charge is 0.274 e. The third-order valence-corrected chi connectivity index (χ3v) is 6.29. The summed E-state index contributed by atoms with van der Waals surface area (Å²) in [6.45, 7) is 4.94. The Kier molecular flexibility index (Phi) is 7.06. The third kappa shape index (κ3) is 5.27. The fraction of sp³-hybridized carbons (Fsp3) is 0.194. The van der Waals surface area contributed by atoms with E-state index in [4.69, 9.17) is 16.3 Å². The van der Waals surface area contributed by atoms with Crippen LogP contribution >= 0.6 is 11.6 Å². The molecule has 1 amide bonds. The lowest BCUT2D eigenvalue weighted by Crippen LogP contribution is -2.29. The fourth-order valence-corrected chi connectivity index (χ4v) is 4.68. The first-order chi connectivity index (χ1) is 17.9. The number of carbonyl (C=O) groups excluding carboxylic acids is 1. The summed E-state index contributed by atoms with van der Waals surface area (Å²) in [6.07, 6.45) is 0.793. The highest BCUT2D eigenvalue weighted by atomic mass is 35.5. The van der Waals surface area contributed by atoms with Crippen LogP contribution in [0.2, 0.25) is 0 Å². The summed E-state index contributed by atoms with van der Waals surface area (Å²) in [5, 5.41) is 13.1. The van der Waals surface area contributed by atoms with Crippen LogP contribution in [0.1, 0.15) is 35.5 Å². The molecule has 2 heterocycles. The van der Waals surface area contributed by atoms with Crippen LogP contribution in [-0.4, -0.2) is 27.9 Å². The zero-order valence-electron chi connectivity index (χ0n) is 20.9. The van der Waals surface area contributed by atoms with E-state index < -0.39 is 0 Å². The Hall–Kier alpha value is -3.96. The van der Waals surface area contributed by atoms with Crippen LogP contribution in [0.15, 0.2) is 84.9 Å². The van der Waals surface area contributed by atoms with Crippen molar-refractivity contribution in [2.45, 2.75) is 32.3 Å². The van der Waals surface area contributed by atoms with Crippen molar-refractivity contribution in [3.63, 3.8) is 0 Å². The van der Waals surface area contributed by atoms with Crippen LogP contribution in [-0.2, 0) is 13.0 Å². The number of aromatic amines is 1. The lowest BCUT2D eigenvalue weighted by Gasteiger charge is -2.19. The Morgan fingerprint density at radius 3 is 2.46 bits per heavy atom. The molecule has 5 nitrogen and oxygen atoms in total. The lowest BCUT2D eigenvalue weighted by molar-refractivity contribution is 0.0985. The number of phenolic OH excluding ortho intramolecular Hbond substituents is 1. The highest BCUT2D eigenvalue weighted by Gasteiger charge is 2.29. The van der Waals surface area contributed by atoms with Gasteiger partial charge in [0.1, 0.15) is 23.8 Å². The molecule has 37 heavy (non-hydrogen) atoms. The summed E-state index contributed by atoms with van der Waals surface area (Å²) >= 11 is 5.27. The molecule has 0 atom stereocenters. The first-order valence-corrected chi connectivity index (χ1v) is 12.8. The average molecular weight is 513 g/mol. The summed E-state index contributed by atoms with van der Waals surface area (Å²) in [5.41, 5.74) is 4.48. The minimum Gasteiger partial charge on any atom is -0.508 e. The van der Waals surface area contributed by atoms with Gasteiger partial charge in [0.2, 0.25) is 0 Å². The number of rotatable bonds is 4. The molecule has 0 spiro atoms. The topological polar surface area (TPSA) is 65.6 Å². The van der Waals surface area contributed by atoms with Crippen molar-refractivity contribution < 1.29 is 14.6 Å². The van der Waals surface area contributed by atoms with Gasteiger partial charge in [-0.1, -0.05) is 54.6 Å². The van der Waals surface area contributed by atoms with Crippen LogP contribution in [0.4, 0.5) is 5.69 Å². The number of benzene rings is 4. The van der Waals surface area contributed by atoms with E-state index in [1.807, 2.05) is 67.3 Å². The van der Waals surface area contributed by atoms with E-state index in [1.165, 1.54) is 5.56 Å². The molecule has 188 valence electrons. The number of hydrogen-bond acceptors (Lipinski definition) is 3. The Morgan fingerprint density at radius 1 is 1.00 bits per heavy atom. The maximum Gasteiger partial charge on any atom is 0.274 e. The monoisotopic (exact) mass is 512 g/mol. The molecule has 0 fully saturated rings. The second-order valence-corrected chi connectivity index (χ2v) is 10.2. The molecule has 0 radical (unpaired) electrons. The number of nitrogens with one attached hydrogen (secondary N) is 1. The number of alkyl halides is 1. The Balaban J connectivity index is 0.000000655. The van der Waals surface area contributed by atoms with Gasteiger partial charge >= 0.3 is 0 Å². The number of aromatic hydroxyl groups is 1. The number of fused-ring (bicyclic) bond motifs is 4. The van der Waals surface area contributed by atoms with Crippen LogP contribution < -0.4 is 9.64 Å². The zero-order valence-corrected chi connectivity index (χ0v) is 21.6. The number of hydrogen-bond donors (Lipinski definition) is 2. The standard InChI is InChI=1S/C28H22N2O3.C3H7Cl/c31-20-10-11-24-19(14-20)15-25(29-24)28(32)30-13-12-22-21-8-4-5-9-23(21)27(16-26(22)30)33-17-18-6-2-1-3-7-18;1-3(2)4/h1-11,14-16,29,31H,12-13,17H2;3H,1-2H3. The zero-order chi connectivity index (χ0) is 25.9. The molecule has 0 saturated heterocycles. The Bertz CT molecular complexity index is 1560. The van der Waals surface area contributed by atoms with E-state index in [9.17, 15) is 9.90 Å². The van der Waals surface area contributed by atoms with Crippen LogP contribution in [0.25, 0.3) is 21.7 Å². The summed E-state index contributed by atoms with van der Waals surface area (Å²) in [7, 11) is 0. The summed E-state index contributed by atoms with van der Waals surface area (Å²) < 4.78 is 6.25. The molecule has 6 rings (SSSR count). The van der Waals surface area contributed by atoms with Crippen LogP contribution in [0, 0.1) is 0 Å².